The first kappa shape index (κ1) is 93.1. The van der Waals surface area contributed by atoms with Crippen LogP contribution in [0.25, 0.3) is 0 Å². The fourth-order valence-corrected chi connectivity index (χ4v) is 13.3. The Balaban J connectivity index is 0.918. The summed E-state index contributed by atoms with van der Waals surface area (Å²) in [4.78, 5) is 54.9. The van der Waals surface area contributed by atoms with Crippen molar-refractivity contribution in [1.29, 1.82) is 0 Å². The van der Waals surface area contributed by atoms with E-state index in [4.69, 9.17) is 56.8 Å². The van der Waals surface area contributed by atoms with E-state index in [1.54, 1.807) is 50.4 Å². The lowest BCUT2D eigenvalue weighted by atomic mass is 9.84. The predicted octanol–water partition coefficient (Wildman–Crippen LogP) is -8.05. The molecule has 45 heteroatoms. The van der Waals surface area contributed by atoms with Gasteiger partial charge in [0.15, 0.2) is 30.9 Å². The zero-order valence-electron chi connectivity index (χ0n) is 65.4. The molecule has 0 spiro atoms. The number of nitrogens with one attached hydrogen (secondary N) is 3. The molecule has 4 aliphatic rings. The smallest absolute Gasteiger partial charge is 0.217 e. The van der Waals surface area contributed by atoms with Gasteiger partial charge in [-0.1, -0.05) is 55.0 Å². The molecule has 8 rings (SSSR count). The number of nitrogens with zero attached hydrogens (tertiary/aromatic N) is 14. The van der Waals surface area contributed by atoms with E-state index < -0.39 is 178 Å². The van der Waals surface area contributed by atoms with Crippen molar-refractivity contribution in [3.05, 3.63) is 47.6 Å². The van der Waals surface area contributed by atoms with Crippen LogP contribution in [0, 0.1) is 11.3 Å². The van der Waals surface area contributed by atoms with Crippen LogP contribution in [0.4, 0.5) is 0 Å². The van der Waals surface area contributed by atoms with Crippen molar-refractivity contribution in [1.82, 2.24) is 85.7 Å². The third kappa shape index (κ3) is 28.1. The summed E-state index contributed by atoms with van der Waals surface area (Å²) in [6.45, 7) is 12.2. The number of ketones is 1. The number of aromatic nitrogens is 12. The molecule has 15 N–H and O–H groups in total. The number of amides is 3. The summed E-state index contributed by atoms with van der Waals surface area (Å²) in [5.41, 5.74) is 1.45. The fraction of sp³-hybridized carbons (Fsp3) is 0.826. The number of aliphatic hydroxyl groups is 12. The van der Waals surface area contributed by atoms with Crippen LogP contribution in [0.3, 0.4) is 0 Å². The van der Waals surface area contributed by atoms with E-state index in [0.29, 0.717) is 68.2 Å². The number of aliphatic hydroxyl groups excluding tert-OH is 12. The molecule has 3 amide bonds. The van der Waals surface area contributed by atoms with Crippen molar-refractivity contribution < 1.29 is 137 Å². The normalized spacial score (nSPS) is 28.5. The molecule has 0 aliphatic carbocycles. The molecule has 4 aliphatic heterocycles. The molecule has 45 nitrogen and oxygen atoms in total. The molecule has 0 aromatic carbocycles. The van der Waals surface area contributed by atoms with Gasteiger partial charge in [0.1, 0.15) is 85.3 Å². The van der Waals surface area contributed by atoms with E-state index in [2.05, 4.69) is 62.1 Å². The van der Waals surface area contributed by atoms with Gasteiger partial charge in [-0.15, -0.1) is 20.4 Å². The van der Waals surface area contributed by atoms with Crippen LogP contribution in [0.1, 0.15) is 90.5 Å². The molecular formula is C69H117N17O28. The van der Waals surface area contributed by atoms with E-state index in [1.807, 2.05) is 25.7 Å². The number of hydrogen-bond donors (Lipinski definition) is 15. The van der Waals surface area contributed by atoms with Crippen molar-refractivity contribution in [2.24, 2.45) is 11.3 Å². The number of Topliss-reactive ketones (excluding diaryl/α,β-unsaturated/α-hetero) is 1. The lowest BCUT2D eigenvalue weighted by molar-refractivity contribution is -0.284. The highest BCUT2D eigenvalue weighted by molar-refractivity contribution is 5.88. The van der Waals surface area contributed by atoms with Gasteiger partial charge in [0.05, 0.1) is 167 Å². The second-order valence-corrected chi connectivity index (χ2v) is 29.4. The molecule has 0 saturated carbocycles. The Morgan fingerprint density at radius 2 is 0.728 bits per heavy atom. The first-order valence-electron chi connectivity index (χ1n) is 38.2. The van der Waals surface area contributed by atoms with Crippen LogP contribution in [-0.4, -0.2) is 389 Å². The van der Waals surface area contributed by atoms with Gasteiger partial charge in [0, 0.05) is 83.1 Å². The average Bonchev–Trinajstić information content (AvgIpc) is 1.07. The van der Waals surface area contributed by atoms with Gasteiger partial charge in [-0.2, -0.15) is 0 Å². The zero-order valence-corrected chi connectivity index (χ0v) is 65.4. The van der Waals surface area contributed by atoms with E-state index in [-0.39, 0.29) is 118 Å². The lowest BCUT2D eigenvalue weighted by Gasteiger charge is -2.42. The Morgan fingerprint density at radius 3 is 1.04 bits per heavy atom. The SMILES string of the molecule is CC(=O)N[C@H]1[C@H](OCCOCCn2cc(CN(CCCC[C@H](C(=O)C(C)(C)C)N(Cc3cn(CCOCCOC4O[C@H](CO)[C@H](O)[C@H](O)[C@H]4C)nn3)Cc3cn(CCOCCO[C@@H]4O[C@H](CO)[C@H](O)[C@H](O)[C@H]4NC(C)=O)nn3)Cc3cn(CCOCCO[C@@H]4O[C@H](CO)[C@H](O)[C@H](O)[C@H]4NC(C)=O)nn3)nn2)O[C@H](CO)[C@H](O)[C@@H]1O. The highest BCUT2D eigenvalue weighted by atomic mass is 16.7. The van der Waals surface area contributed by atoms with Gasteiger partial charge >= 0.3 is 0 Å². The molecular weight excluding hydrogens is 1510 g/mol. The first-order valence-corrected chi connectivity index (χ1v) is 38.2. The van der Waals surface area contributed by atoms with E-state index in [0.717, 1.165) is 0 Å². The van der Waals surface area contributed by atoms with Crippen molar-refractivity contribution in [2.75, 3.05) is 112 Å². The maximum atomic E-state index is 15.0. The van der Waals surface area contributed by atoms with Crippen molar-refractivity contribution >= 4 is 23.5 Å². The number of carbonyl (C=O) groups is 4. The van der Waals surface area contributed by atoms with Crippen molar-refractivity contribution in [3.8, 4) is 0 Å². The monoisotopic (exact) mass is 1630 g/mol. The summed E-state index contributed by atoms with van der Waals surface area (Å²) >= 11 is 0. The molecule has 21 atom stereocenters. The van der Waals surface area contributed by atoms with Crippen LogP contribution >= 0.6 is 0 Å². The van der Waals surface area contributed by atoms with Gasteiger partial charge in [-0.05, 0) is 19.4 Å². The van der Waals surface area contributed by atoms with Crippen LogP contribution in [-0.2, 0) is 128 Å². The lowest BCUT2D eigenvalue weighted by Crippen LogP contribution is -2.64. The third-order valence-electron chi connectivity index (χ3n) is 19.4. The Labute approximate surface area is 658 Å². The second-order valence-electron chi connectivity index (χ2n) is 29.4. The number of carbonyl (C=O) groups excluding carboxylic acids is 4. The van der Waals surface area contributed by atoms with Gasteiger partial charge in [0.2, 0.25) is 17.7 Å². The minimum Gasteiger partial charge on any atom is -0.394 e. The standard InChI is InChI=1S/C69H117N17O28/c1-40-56(94)57(95)49(36-87)111-65(40)107-24-20-103-18-14-85-34-46(75-79-85)30-82(31-47-35-86(80-76-47)15-19-106-23-27-110-68-55(72-43(4)93)63(101)60(98)52(39-90)114-68)48(64(102)69(5,6)7)10-8-9-11-81(28-44-32-83(77-73-44)12-16-104-21-25-108-66-53(70-41(2)91)61(99)58(96)50(37-88)112-66)29-45-33-84(78-74-45)13-17-105-22-26-109-67-54(71-42(3)92)62(100)59(97)51(38-89)113-67/h32-35,40,48-63,65-68,87-90,94-101H,8-31,36-39H2,1-7H3,(H,70,91)(H,71,92)(H,72,93)/t40-,48-,49-,50-,51-,52-,53-,54-,55-,56-,57+,58+,59+,60+,61-,62-,63-,65?,66-,67-,68-/m1/s1. The fourth-order valence-electron chi connectivity index (χ4n) is 13.3. The van der Waals surface area contributed by atoms with E-state index in [9.17, 15) is 80.5 Å². The summed E-state index contributed by atoms with van der Waals surface area (Å²) in [7, 11) is 0. The van der Waals surface area contributed by atoms with Crippen molar-refractivity contribution in [3.63, 3.8) is 0 Å². The summed E-state index contributed by atoms with van der Waals surface area (Å²) < 4.78 is 75.6. The Bertz CT molecular complexity index is 3360. The summed E-state index contributed by atoms with van der Waals surface area (Å²) in [6, 6.07) is -4.05. The number of hydrogen-bond acceptors (Lipinski definition) is 38. The molecule has 8 heterocycles. The molecule has 4 aromatic heterocycles. The maximum absolute atomic E-state index is 15.0. The summed E-state index contributed by atoms with van der Waals surface area (Å²) in [5.74, 6) is -2.10. The summed E-state index contributed by atoms with van der Waals surface area (Å²) in [5, 5.41) is 166. The molecule has 4 aromatic rings. The van der Waals surface area contributed by atoms with Crippen LogP contribution < -0.4 is 16.0 Å². The summed E-state index contributed by atoms with van der Waals surface area (Å²) in [6.07, 6.45) is -11.6. The Hall–Kier alpha value is -6.40. The molecule has 646 valence electrons. The van der Waals surface area contributed by atoms with E-state index >= 15 is 0 Å². The molecule has 1 unspecified atom stereocenters. The van der Waals surface area contributed by atoms with Crippen LogP contribution in [0.5, 0.6) is 0 Å². The number of ether oxygens (including phenoxy) is 12. The molecule has 0 bridgehead atoms. The number of rotatable bonds is 50. The maximum Gasteiger partial charge on any atom is 0.217 e. The Kier molecular flexibility index (Phi) is 38.1. The molecule has 0 radical (unpaired) electrons. The van der Waals surface area contributed by atoms with Crippen molar-refractivity contribution in [2.45, 2.75) is 243 Å². The van der Waals surface area contributed by atoms with Gasteiger partial charge < -0.3 is 134 Å². The minimum absolute atomic E-state index is 0.0337. The van der Waals surface area contributed by atoms with E-state index in [1.165, 1.54) is 20.8 Å². The van der Waals surface area contributed by atoms with Gasteiger partial charge in [-0.25, -0.2) is 18.7 Å². The highest BCUT2D eigenvalue weighted by Crippen LogP contribution is 2.30. The van der Waals surface area contributed by atoms with Crippen LogP contribution in [0.15, 0.2) is 24.8 Å². The molecule has 114 heavy (non-hydrogen) atoms. The average molecular weight is 1630 g/mol. The van der Waals surface area contributed by atoms with Gasteiger partial charge in [0.25, 0.3) is 0 Å². The predicted molar refractivity (Wildman–Crippen MR) is 386 cm³/mol. The minimum atomic E-state index is -1.48. The molecule has 4 fully saturated rings. The van der Waals surface area contributed by atoms with Crippen LogP contribution in [0.2, 0.25) is 0 Å². The first-order chi connectivity index (χ1) is 54.6. The Morgan fingerprint density at radius 1 is 0.430 bits per heavy atom. The van der Waals surface area contributed by atoms with Gasteiger partial charge in [-0.3, -0.25) is 29.0 Å². The topological polar surface area (TPSA) is 587 Å². The molecule has 4 saturated heterocycles. The highest BCUT2D eigenvalue weighted by Gasteiger charge is 2.49. The number of unbranched alkanes of at least 4 members (excludes halogenated alkanes) is 1. The third-order valence-corrected chi connectivity index (χ3v) is 19.4. The zero-order chi connectivity index (χ0) is 82.6. The quantitative estimate of drug-likeness (QED) is 0.0183. The largest absolute Gasteiger partial charge is 0.394 e. The second kappa shape index (κ2) is 46.7.